The monoisotopic (exact) mass is 342 g/mol. The van der Waals surface area contributed by atoms with Gasteiger partial charge in [-0.1, -0.05) is 13.0 Å². The molecule has 1 heterocycles. The van der Waals surface area contributed by atoms with Crippen LogP contribution in [-0.2, 0) is 11.3 Å². The van der Waals surface area contributed by atoms with E-state index in [4.69, 9.17) is 5.11 Å². The first-order valence-corrected chi connectivity index (χ1v) is 6.73. The van der Waals surface area contributed by atoms with Crippen LogP contribution < -0.4 is 0 Å². The molecule has 0 saturated carbocycles. The first kappa shape index (κ1) is 14.6. The van der Waals surface area contributed by atoms with Crippen LogP contribution in [0.2, 0.25) is 0 Å². The number of aryl methyl sites for hydroxylation is 1. The maximum absolute atomic E-state index is 13.9. The van der Waals surface area contributed by atoms with Gasteiger partial charge < -0.3 is 5.11 Å². The zero-order valence-corrected chi connectivity index (χ0v) is 12.2. The highest BCUT2D eigenvalue weighted by Gasteiger charge is 2.18. The Morgan fingerprint density at radius 2 is 2.30 bits per heavy atom. The zero-order valence-electron chi connectivity index (χ0n) is 10.6. The summed E-state index contributed by atoms with van der Waals surface area (Å²) in [6.07, 6.45) is 0.361. The van der Waals surface area contributed by atoms with Gasteiger partial charge >= 0.3 is 5.97 Å². The molecule has 0 fully saturated rings. The minimum atomic E-state index is -0.883. The molecule has 0 aliphatic rings. The van der Waals surface area contributed by atoms with Crippen LogP contribution in [0, 0.1) is 11.7 Å². The van der Waals surface area contributed by atoms with Crippen molar-refractivity contribution in [2.75, 3.05) is 0 Å². The number of halogens is 2. The summed E-state index contributed by atoms with van der Waals surface area (Å²) in [7, 11) is 0. The van der Waals surface area contributed by atoms with Crippen LogP contribution in [0.5, 0.6) is 0 Å². The van der Waals surface area contributed by atoms with E-state index in [0.29, 0.717) is 17.4 Å². The molecule has 0 bridgehead atoms. The molecule has 1 atom stereocenters. The highest BCUT2D eigenvalue weighted by Crippen LogP contribution is 2.29. The lowest BCUT2D eigenvalue weighted by molar-refractivity contribution is -0.141. The van der Waals surface area contributed by atoms with Crippen molar-refractivity contribution in [2.45, 2.75) is 19.9 Å². The molecule has 20 heavy (non-hydrogen) atoms. The average molecular weight is 343 g/mol. The molecule has 0 radical (unpaired) electrons. The SMILES string of the molecule is CC(CCn1nnnc1-c1c(F)cccc1Br)C(=O)O. The van der Waals surface area contributed by atoms with E-state index < -0.39 is 17.7 Å². The van der Waals surface area contributed by atoms with Gasteiger partial charge in [-0.2, -0.15) is 0 Å². The van der Waals surface area contributed by atoms with Gasteiger partial charge in [0.2, 0.25) is 0 Å². The number of hydrogen-bond donors (Lipinski definition) is 1. The lowest BCUT2D eigenvalue weighted by atomic mass is 10.1. The molecule has 0 spiro atoms. The highest BCUT2D eigenvalue weighted by atomic mass is 79.9. The van der Waals surface area contributed by atoms with Gasteiger partial charge in [0.1, 0.15) is 5.82 Å². The van der Waals surface area contributed by atoms with Crippen LogP contribution in [0.15, 0.2) is 22.7 Å². The van der Waals surface area contributed by atoms with Crippen molar-refractivity contribution >= 4 is 21.9 Å². The minimum absolute atomic E-state index is 0.264. The minimum Gasteiger partial charge on any atom is -0.481 e. The molecule has 6 nitrogen and oxygen atoms in total. The smallest absolute Gasteiger partial charge is 0.306 e. The summed E-state index contributed by atoms with van der Waals surface area (Å²) in [5.41, 5.74) is 0.264. The lowest BCUT2D eigenvalue weighted by Crippen LogP contribution is -2.14. The van der Waals surface area contributed by atoms with Crippen LogP contribution in [0.3, 0.4) is 0 Å². The Bertz CT molecular complexity index is 611. The molecule has 0 saturated heterocycles. The fourth-order valence-electron chi connectivity index (χ4n) is 1.69. The molecular weight excluding hydrogens is 331 g/mol. The van der Waals surface area contributed by atoms with Gasteiger partial charge in [-0.15, -0.1) is 5.10 Å². The van der Waals surface area contributed by atoms with Gasteiger partial charge in [0.25, 0.3) is 0 Å². The van der Waals surface area contributed by atoms with E-state index in [1.807, 2.05) is 0 Å². The Morgan fingerprint density at radius 1 is 1.55 bits per heavy atom. The molecule has 1 aromatic carbocycles. The van der Waals surface area contributed by atoms with E-state index in [1.54, 1.807) is 19.1 Å². The van der Waals surface area contributed by atoms with Crippen molar-refractivity contribution < 1.29 is 14.3 Å². The van der Waals surface area contributed by atoms with Crippen LogP contribution in [0.4, 0.5) is 4.39 Å². The third-order valence-corrected chi connectivity index (χ3v) is 3.57. The maximum atomic E-state index is 13.9. The second-order valence-corrected chi connectivity index (χ2v) is 5.20. The second kappa shape index (κ2) is 6.08. The summed E-state index contributed by atoms with van der Waals surface area (Å²) in [6.45, 7) is 1.90. The lowest BCUT2D eigenvalue weighted by Gasteiger charge is -2.09. The Morgan fingerprint density at radius 3 is 2.95 bits per heavy atom. The number of carboxylic acids is 1. The third kappa shape index (κ3) is 3.01. The summed E-state index contributed by atoms with van der Waals surface area (Å²) < 4.78 is 15.8. The summed E-state index contributed by atoms with van der Waals surface area (Å²) in [5, 5.41) is 20.0. The first-order valence-electron chi connectivity index (χ1n) is 5.94. The number of hydrogen-bond acceptors (Lipinski definition) is 4. The average Bonchev–Trinajstić information content (AvgIpc) is 2.84. The van der Waals surface area contributed by atoms with Gasteiger partial charge in [0, 0.05) is 11.0 Å². The number of rotatable bonds is 5. The summed E-state index contributed by atoms with van der Waals surface area (Å²) in [6, 6.07) is 4.58. The van der Waals surface area contributed by atoms with E-state index in [9.17, 15) is 9.18 Å². The number of nitrogens with zero attached hydrogens (tertiary/aromatic N) is 4. The first-order chi connectivity index (χ1) is 9.50. The van der Waals surface area contributed by atoms with E-state index in [-0.39, 0.29) is 11.4 Å². The molecule has 8 heteroatoms. The normalized spacial score (nSPS) is 12.3. The van der Waals surface area contributed by atoms with Crippen molar-refractivity contribution in [3.63, 3.8) is 0 Å². The molecule has 1 N–H and O–H groups in total. The van der Waals surface area contributed by atoms with Crippen molar-refractivity contribution in [1.29, 1.82) is 0 Å². The number of tetrazole rings is 1. The predicted molar refractivity (Wildman–Crippen MR) is 72.3 cm³/mol. The fraction of sp³-hybridized carbons (Fsp3) is 0.333. The van der Waals surface area contributed by atoms with Gasteiger partial charge in [-0.3, -0.25) is 4.79 Å². The topological polar surface area (TPSA) is 80.9 Å². The molecule has 0 amide bonds. The molecule has 0 aliphatic carbocycles. The quantitative estimate of drug-likeness (QED) is 0.901. The number of aliphatic carboxylic acids is 1. The summed E-state index contributed by atoms with van der Waals surface area (Å²) >= 11 is 3.26. The molecular formula is C12H12BrFN4O2. The predicted octanol–water partition coefficient (Wildman–Crippen LogP) is 2.35. The van der Waals surface area contributed by atoms with Gasteiger partial charge in [-0.05, 0) is 44.9 Å². The maximum Gasteiger partial charge on any atom is 0.306 e. The van der Waals surface area contributed by atoms with Crippen molar-refractivity contribution in [3.8, 4) is 11.4 Å². The molecule has 0 aliphatic heterocycles. The third-order valence-electron chi connectivity index (χ3n) is 2.91. The molecule has 2 aromatic rings. The van der Waals surface area contributed by atoms with Crippen molar-refractivity contribution in [1.82, 2.24) is 20.2 Å². The van der Waals surface area contributed by atoms with E-state index >= 15 is 0 Å². The van der Waals surface area contributed by atoms with Gasteiger partial charge in [0.05, 0.1) is 11.5 Å². The number of carboxylic acid groups (broad SMARTS) is 1. The van der Waals surface area contributed by atoms with Crippen molar-refractivity contribution in [3.05, 3.63) is 28.5 Å². The van der Waals surface area contributed by atoms with Crippen LogP contribution in [-0.4, -0.2) is 31.3 Å². The zero-order chi connectivity index (χ0) is 14.7. The Labute approximate surface area is 122 Å². The second-order valence-electron chi connectivity index (χ2n) is 4.35. The molecule has 106 valence electrons. The standard InChI is InChI=1S/C12H12BrFN4O2/c1-7(12(19)20)5-6-18-11(15-16-17-18)10-8(13)3-2-4-9(10)14/h2-4,7H,5-6H2,1H3,(H,19,20). The fourth-order valence-corrected chi connectivity index (χ4v) is 2.20. The van der Waals surface area contributed by atoms with Crippen LogP contribution in [0.1, 0.15) is 13.3 Å². The molecule has 1 unspecified atom stereocenters. The highest BCUT2D eigenvalue weighted by molar-refractivity contribution is 9.10. The summed E-state index contributed by atoms with van der Waals surface area (Å²) in [4.78, 5) is 10.8. The molecule has 2 rings (SSSR count). The summed E-state index contributed by atoms with van der Waals surface area (Å²) in [5.74, 6) is -1.57. The van der Waals surface area contributed by atoms with E-state index in [2.05, 4.69) is 31.5 Å². The Kier molecular flexibility index (Phi) is 4.43. The van der Waals surface area contributed by atoms with Gasteiger partial charge in [0.15, 0.2) is 5.82 Å². The number of benzene rings is 1. The Balaban J connectivity index is 2.27. The van der Waals surface area contributed by atoms with Crippen molar-refractivity contribution in [2.24, 2.45) is 5.92 Å². The largest absolute Gasteiger partial charge is 0.481 e. The van der Waals surface area contributed by atoms with E-state index in [1.165, 1.54) is 10.7 Å². The number of aromatic nitrogens is 4. The number of carbonyl (C=O) groups is 1. The van der Waals surface area contributed by atoms with E-state index in [0.717, 1.165) is 0 Å². The van der Waals surface area contributed by atoms with Gasteiger partial charge in [-0.25, -0.2) is 9.07 Å². The Hall–Kier alpha value is -1.83. The van der Waals surface area contributed by atoms with Crippen LogP contribution in [0.25, 0.3) is 11.4 Å². The molecule has 1 aromatic heterocycles. The van der Waals surface area contributed by atoms with Crippen LogP contribution >= 0.6 is 15.9 Å².